The number of aliphatic imine (C=N–C) groups is 1. The van der Waals surface area contributed by atoms with E-state index in [2.05, 4.69) is 46.2 Å². The van der Waals surface area contributed by atoms with Crippen molar-refractivity contribution >= 4 is 29.9 Å². The van der Waals surface area contributed by atoms with Crippen molar-refractivity contribution in [2.45, 2.75) is 39.8 Å². The van der Waals surface area contributed by atoms with Crippen molar-refractivity contribution in [2.24, 2.45) is 4.99 Å². The number of ether oxygens (including phenoxy) is 1. The van der Waals surface area contributed by atoms with Gasteiger partial charge in [-0.05, 0) is 13.8 Å². The van der Waals surface area contributed by atoms with Crippen molar-refractivity contribution in [3.8, 4) is 0 Å². The van der Waals surface area contributed by atoms with E-state index >= 15 is 0 Å². The third-order valence-electron chi connectivity index (χ3n) is 2.96. The van der Waals surface area contributed by atoms with Crippen molar-refractivity contribution in [2.75, 3.05) is 26.8 Å². The van der Waals surface area contributed by atoms with E-state index in [1.165, 1.54) is 0 Å². The second-order valence-corrected chi connectivity index (χ2v) is 5.34. The topological polar surface area (TPSA) is 76.4 Å². The molecule has 0 amide bonds. The number of nitrogens with one attached hydrogen (secondary N) is 2. The minimum Gasteiger partial charge on any atom is -0.383 e. The van der Waals surface area contributed by atoms with Gasteiger partial charge in [0.05, 0.1) is 13.2 Å². The number of hydrogen-bond donors (Lipinski definition) is 2. The third-order valence-corrected chi connectivity index (χ3v) is 2.96. The molecule has 8 heteroatoms. The second kappa shape index (κ2) is 12.3. The van der Waals surface area contributed by atoms with Gasteiger partial charge in [-0.15, -0.1) is 34.2 Å². The first-order valence-corrected chi connectivity index (χ1v) is 7.61. The lowest BCUT2D eigenvalue weighted by atomic mass is 10.3. The fourth-order valence-electron chi connectivity index (χ4n) is 1.93. The number of aromatic nitrogens is 3. The van der Waals surface area contributed by atoms with E-state index in [-0.39, 0.29) is 30.0 Å². The number of halogens is 1. The predicted molar refractivity (Wildman–Crippen MR) is 104 cm³/mol. The maximum atomic E-state index is 5.14. The number of rotatable bonds is 9. The van der Waals surface area contributed by atoms with Crippen LogP contribution in [0.4, 0.5) is 0 Å². The van der Waals surface area contributed by atoms with E-state index in [4.69, 9.17) is 4.74 Å². The average Bonchev–Trinajstić information content (AvgIpc) is 2.92. The largest absolute Gasteiger partial charge is 0.383 e. The summed E-state index contributed by atoms with van der Waals surface area (Å²) in [7, 11) is 1.69. The van der Waals surface area contributed by atoms with E-state index in [1.807, 2.05) is 11.5 Å². The SMILES string of the molecule is C=C(C)CN=C(NCCn1cnnc1CC)NC(C)COC.I. The van der Waals surface area contributed by atoms with Gasteiger partial charge in [0.1, 0.15) is 12.2 Å². The average molecular weight is 436 g/mol. The zero-order valence-corrected chi connectivity index (χ0v) is 16.8. The smallest absolute Gasteiger partial charge is 0.191 e. The second-order valence-electron chi connectivity index (χ2n) is 5.34. The highest BCUT2D eigenvalue weighted by Gasteiger charge is 2.06. The zero-order valence-electron chi connectivity index (χ0n) is 14.5. The molecule has 0 aliphatic rings. The molecule has 1 aromatic heterocycles. The molecule has 0 saturated carbocycles. The first-order chi connectivity index (χ1) is 10.6. The van der Waals surface area contributed by atoms with Gasteiger partial charge in [0.25, 0.3) is 0 Å². The molecule has 132 valence electrons. The molecule has 0 fully saturated rings. The molecule has 0 saturated heterocycles. The van der Waals surface area contributed by atoms with Crippen molar-refractivity contribution in [1.29, 1.82) is 0 Å². The Labute approximate surface area is 156 Å². The monoisotopic (exact) mass is 436 g/mol. The lowest BCUT2D eigenvalue weighted by Gasteiger charge is -2.18. The third kappa shape index (κ3) is 8.89. The summed E-state index contributed by atoms with van der Waals surface area (Å²) >= 11 is 0. The Morgan fingerprint density at radius 2 is 2.26 bits per heavy atom. The van der Waals surface area contributed by atoms with Gasteiger partial charge in [0.15, 0.2) is 5.96 Å². The summed E-state index contributed by atoms with van der Waals surface area (Å²) < 4.78 is 7.18. The van der Waals surface area contributed by atoms with Crippen LogP contribution in [0.15, 0.2) is 23.5 Å². The highest BCUT2D eigenvalue weighted by molar-refractivity contribution is 14.0. The Bertz CT molecular complexity index is 488. The van der Waals surface area contributed by atoms with Crippen LogP contribution in [0, 0.1) is 0 Å². The molecule has 1 unspecified atom stereocenters. The van der Waals surface area contributed by atoms with Crippen molar-refractivity contribution < 1.29 is 4.74 Å². The van der Waals surface area contributed by atoms with Gasteiger partial charge in [-0.25, -0.2) is 4.99 Å². The van der Waals surface area contributed by atoms with Gasteiger partial charge in [-0.1, -0.05) is 19.1 Å². The van der Waals surface area contributed by atoms with Crippen molar-refractivity contribution in [1.82, 2.24) is 25.4 Å². The maximum absolute atomic E-state index is 5.14. The van der Waals surface area contributed by atoms with Crippen LogP contribution >= 0.6 is 24.0 Å². The van der Waals surface area contributed by atoms with Crippen LogP contribution in [0.3, 0.4) is 0 Å². The Morgan fingerprint density at radius 3 is 2.87 bits per heavy atom. The van der Waals surface area contributed by atoms with E-state index < -0.39 is 0 Å². The number of methoxy groups -OCH3 is 1. The number of guanidine groups is 1. The molecule has 2 N–H and O–H groups in total. The fourth-order valence-corrected chi connectivity index (χ4v) is 1.93. The Morgan fingerprint density at radius 1 is 1.52 bits per heavy atom. The highest BCUT2D eigenvalue weighted by atomic mass is 127. The Kier molecular flexibility index (Phi) is 11.7. The fraction of sp³-hybridized carbons (Fsp3) is 0.667. The summed E-state index contributed by atoms with van der Waals surface area (Å²) in [6.45, 7) is 12.7. The summed E-state index contributed by atoms with van der Waals surface area (Å²) in [6, 6.07) is 0.183. The van der Waals surface area contributed by atoms with Gasteiger partial charge >= 0.3 is 0 Å². The summed E-state index contributed by atoms with van der Waals surface area (Å²) in [5.41, 5.74) is 1.02. The van der Waals surface area contributed by atoms with Gasteiger partial charge in [-0.2, -0.15) is 0 Å². The summed E-state index contributed by atoms with van der Waals surface area (Å²) in [6.07, 6.45) is 2.63. The number of hydrogen-bond acceptors (Lipinski definition) is 4. The van der Waals surface area contributed by atoms with Crippen molar-refractivity contribution in [3.05, 3.63) is 24.3 Å². The van der Waals surface area contributed by atoms with Crippen LogP contribution in [0.1, 0.15) is 26.6 Å². The normalized spacial score (nSPS) is 12.4. The van der Waals surface area contributed by atoms with Gasteiger partial charge in [-0.3, -0.25) is 0 Å². The van der Waals surface area contributed by atoms with Crippen LogP contribution in [-0.2, 0) is 17.7 Å². The summed E-state index contributed by atoms with van der Waals surface area (Å²) in [4.78, 5) is 4.51. The minimum absolute atomic E-state index is 0. The van der Waals surface area contributed by atoms with Crippen LogP contribution in [0.2, 0.25) is 0 Å². The van der Waals surface area contributed by atoms with Crippen LogP contribution in [0.5, 0.6) is 0 Å². The maximum Gasteiger partial charge on any atom is 0.191 e. The van der Waals surface area contributed by atoms with Gasteiger partial charge < -0.3 is 19.9 Å². The Hall–Kier alpha value is -1.16. The highest BCUT2D eigenvalue weighted by Crippen LogP contribution is 1.95. The Balaban J connectivity index is 0.00000484. The molecule has 0 radical (unpaired) electrons. The molecule has 0 aromatic carbocycles. The van der Waals surface area contributed by atoms with Crippen LogP contribution < -0.4 is 10.6 Å². The first-order valence-electron chi connectivity index (χ1n) is 7.61. The summed E-state index contributed by atoms with van der Waals surface area (Å²) in [5.74, 6) is 1.75. The molecule has 0 spiro atoms. The molecular weight excluding hydrogens is 407 g/mol. The van der Waals surface area contributed by atoms with E-state index in [9.17, 15) is 0 Å². The van der Waals surface area contributed by atoms with E-state index in [1.54, 1.807) is 13.4 Å². The molecule has 1 rings (SSSR count). The predicted octanol–water partition coefficient (Wildman–Crippen LogP) is 1.60. The summed E-state index contributed by atoms with van der Waals surface area (Å²) in [5, 5.41) is 14.6. The van der Waals surface area contributed by atoms with Crippen molar-refractivity contribution in [3.63, 3.8) is 0 Å². The standard InChI is InChI=1S/C15H28N6O.HI/c1-6-14-20-18-11-21(14)8-7-16-15(17-9-12(2)3)19-13(4)10-22-5;/h11,13H,2,6-10H2,1,3-5H3,(H2,16,17,19);1H. The number of nitrogens with zero attached hydrogens (tertiary/aromatic N) is 4. The molecule has 0 aliphatic carbocycles. The molecule has 1 heterocycles. The lowest BCUT2D eigenvalue weighted by Crippen LogP contribution is -2.45. The lowest BCUT2D eigenvalue weighted by molar-refractivity contribution is 0.179. The van der Waals surface area contributed by atoms with Crippen LogP contribution in [-0.4, -0.2) is 53.6 Å². The molecule has 1 aromatic rings. The molecular formula is C15H29IN6O. The molecule has 1 atom stereocenters. The van der Waals surface area contributed by atoms with Gasteiger partial charge in [0, 0.05) is 32.7 Å². The minimum atomic E-state index is 0. The van der Waals surface area contributed by atoms with E-state index in [0.717, 1.165) is 36.9 Å². The molecule has 0 aliphatic heterocycles. The van der Waals surface area contributed by atoms with E-state index in [0.29, 0.717) is 13.2 Å². The molecule has 0 bridgehead atoms. The number of aryl methyl sites for hydroxylation is 1. The zero-order chi connectivity index (χ0) is 16.4. The quantitative estimate of drug-likeness (QED) is 0.266. The molecule has 23 heavy (non-hydrogen) atoms. The van der Waals surface area contributed by atoms with Gasteiger partial charge in [0.2, 0.25) is 0 Å². The first kappa shape index (κ1) is 21.8. The molecule has 7 nitrogen and oxygen atoms in total. The van der Waals surface area contributed by atoms with Crippen LogP contribution in [0.25, 0.3) is 0 Å².